The summed E-state index contributed by atoms with van der Waals surface area (Å²) in [6.07, 6.45) is 4.61. The first-order chi connectivity index (χ1) is 9.43. The Morgan fingerprint density at radius 2 is 1.95 bits per heavy atom. The molecule has 2 rings (SSSR count). The first-order valence-electron chi connectivity index (χ1n) is 6.78. The summed E-state index contributed by atoms with van der Waals surface area (Å²) in [5.41, 5.74) is 6.04. The van der Waals surface area contributed by atoms with Crippen molar-refractivity contribution in [3.63, 3.8) is 0 Å². The second kappa shape index (κ2) is 6.20. The van der Waals surface area contributed by atoms with Crippen LogP contribution in [0.2, 0.25) is 0 Å². The highest BCUT2D eigenvalue weighted by atomic mass is 32.2. The minimum Gasteiger partial charge on any atom is -0.389 e. The normalized spacial score (nSPS) is 16.7. The van der Waals surface area contributed by atoms with Gasteiger partial charge in [0.05, 0.1) is 4.90 Å². The Bertz CT molecular complexity index is 593. The van der Waals surface area contributed by atoms with Crippen molar-refractivity contribution in [1.29, 1.82) is 0 Å². The Morgan fingerprint density at radius 3 is 2.55 bits per heavy atom. The van der Waals surface area contributed by atoms with Gasteiger partial charge in [0.15, 0.2) is 0 Å². The number of benzene rings is 1. The van der Waals surface area contributed by atoms with Crippen molar-refractivity contribution in [2.45, 2.75) is 30.6 Å². The van der Waals surface area contributed by atoms with Crippen molar-refractivity contribution in [1.82, 2.24) is 4.31 Å². The molecule has 1 aromatic carbocycles. The first kappa shape index (κ1) is 15.4. The van der Waals surface area contributed by atoms with E-state index in [1.807, 2.05) is 0 Å². The molecule has 0 aliphatic heterocycles. The number of hydrogen-bond acceptors (Lipinski definition) is 3. The van der Waals surface area contributed by atoms with Crippen LogP contribution < -0.4 is 5.73 Å². The average Bonchev–Trinajstić information content (AvgIpc) is 2.91. The summed E-state index contributed by atoms with van der Waals surface area (Å²) in [5.74, 6) is 0.465. The molecule has 1 fully saturated rings. The molecule has 0 bridgehead atoms. The van der Waals surface area contributed by atoms with Gasteiger partial charge < -0.3 is 5.73 Å². The molecule has 0 spiro atoms. The molecule has 0 atom stereocenters. The van der Waals surface area contributed by atoms with E-state index in [1.165, 1.54) is 17.1 Å². The van der Waals surface area contributed by atoms with Gasteiger partial charge in [-0.05, 0) is 24.8 Å². The molecule has 0 heterocycles. The SMILES string of the molecule is CN(CC1CCCC1)S(=O)(=O)c1ccccc1C(N)=S. The summed E-state index contributed by atoms with van der Waals surface area (Å²) in [4.78, 5) is 0.312. The topological polar surface area (TPSA) is 63.4 Å². The molecule has 0 amide bonds. The van der Waals surface area contributed by atoms with E-state index in [0.717, 1.165) is 12.8 Å². The van der Waals surface area contributed by atoms with E-state index in [-0.39, 0.29) is 9.88 Å². The molecule has 1 aromatic rings. The van der Waals surface area contributed by atoms with E-state index in [9.17, 15) is 8.42 Å². The van der Waals surface area contributed by atoms with Crippen LogP contribution in [0.3, 0.4) is 0 Å². The highest BCUT2D eigenvalue weighted by Gasteiger charge is 2.27. The smallest absolute Gasteiger partial charge is 0.243 e. The number of hydrogen-bond donors (Lipinski definition) is 1. The molecule has 110 valence electrons. The summed E-state index contributed by atoms with van der Waals surface area (Å²) < 4.78 is 26.7. The molecule has 2 N–H and O–H groups in total. The molecule has 1 aliphatic rings. The van der Waals surface area contributed by atoms with E-state index in [2.05, 4.69) is 0 Å². The zero-order valence-electron chi connectivity index (χ0n) is 11.6. The lowest BCUT2D eigenvalue weighted by atomic mass is 10.1. The van der Waals surface area contributed by atoms with E-state index in [0.29, 0.717) is 18.0 Å². The maximum atomic E-state index is 12.7. The second-order valence-corrected chi connectivity index (χ2v) is 7.75. The number of nitrogens with two attached hydrogens (primary N) is 1. The highest BCUT2D eigenvalue weighted by Crippen LogP contribution is 2.27. The van der Waals surface area contributed by atoms with Crippen molar-refractivity contribution in [3.05, 3.63) is 29.8 Å². The summed E-state index contributed by atoms with van der Waals surface area (Å²) in [6, 6.07) is 6.65. The first-order valence-corrected chi connectivity index (χ1v) is 8.63. The number of nitrogens with zero attached hydrogens (tertiary/aromatic N) is 1. The van der Waals surface area contributed by atoms with Crippen LogP contribution in [-0.4, -0.2) is 31.3 Å². The third kappa shape index (κ3) is 3.19. The molecular formula is C14H20N2O2S2. The van der Waals surface area contributed by atoms with Crippen LogP contribution in [0.25, 0.3) is 0 Å². The number of sulfonamides is 1. The predicted molar refractivity (Wildman–Crippen MR) is 84.1 cm³/mol. The van der Waals surface area contributed by atoms with E-state index in [4.69, 9.17) is 18.0 Å². The molecule has 1 aliphatic carbocycles. The lowest BCUT2D eigenvalue weighted by Gasteiger charge is -2.22. The van der Waals surface area contributed by atoms with Crippen molar-refractivity contribution >= 4 is 27.2 Å². The maximum absolute atomic E-state index is 12.7. The van der Waals surface area contributed by atoms with Crippen molar-refractivity contribution in [3.8, 4) is 0 Å². The van der Waals surface area contributed by atoms with Crippen LogP contribution in [0.1, 0.15) is 31.2 Å². The number of rotatable bonds is 5. The molecular weight excluding hydrogens is 292 g/mol. The summed E-state index contributed by atoms with van der Waals surface area (Å²) in [7, 11) is -1.91. The van der Waals surface area contributed by atoms with Gasteiger partial charge >= 0.3 is 0 Å². The Kier molecular flexibility index (Phi) is 4.78. The Balaban J connectivity index is 2.27. The Morgan fingerprint density at radius 1 is 1.35 bits per heavy atom. The highest BCUT2D eigenvalue weighted by molar-refractivity contribution is 7.89. The molecule has 1 saturated carbocycles. The lowest BCUT2D eigenvalue weighted by Crippen LogP contribution is -2.32. The molecule has 0 radical (unpaired) electrons. The van der Waals surface area contributed by atoms with Crippen molar-refractivity contribution in [2.24, 2.45) is 11.7 Å². The fourth-order valence-corrected chi connectivity index (χ4v) is 4.41. The van der Waals surface area contributed by atoms with Crippen molar-refractivity contribution < 1.29 is 8.42 Å². The van der Waals surface area contributed by atoms with Gasteiger partial charge in [-0.3, -0.25) is 0 Å². The Labute approximate surface area is 126 Å². The van der Waals surface area contributed by atoms with Crippen molar-refractivity contribution in [2.75, 3.05) is 13.6 Å². The van der Waals surface area contributed by atoms with Gasteiger partial charge in [0.25, 0.3) is 0 Å². The maximum Gasteiger partial charge on any atom is 0.243 e. The Hall–Kier alpha value is -0.980. The van der Waals surface area contributed by atoms with Crippen LogP contribution >= 0.6 is 12.2 Å². The monoisotopic (exact) mass is 312 g/mol. The summed E-state index contributed by atoms with van der Waals surface area (Å²) >= 11 is 4.94. The third-order valence-electron chi connectivity index (χ3n) is 3.83. The molecule has 0 unspecified atom stereocenters. The van der Waals surface area contributed by atoms with E-state index in [1.54, 1.807) is 31.3 Å². The summed E-state index contributed by atoms with van der Waals surface area (Å²) in [6.45, 7) is 0.563. The third-order valence-corrected chi connectivity index (χ3v) is 5.93. The van der Waals surface area contributed by atoms with Gasteiger partial charge in [0.2, 0.25) is 10.0 Å². The fourth-order valence-electron chi connectivity index (χ4n) is 2.72. The molecule has 0 saturated heterocycles. The van der Waals surface area contributed by atoms with Gasteiger partial charge in [-0.1, -0.05) is 43.3 Å². The standard InChI is InChI=1S/C14H20N2O2S2/c1-16(10-11-6-2-3-7-11)20(17,18)13-9-5-4-8-12(13)14(15)19/h4-5,8-9,11H,2-3,6-7,10H2,1H3,(H2,15,19). The predicted octanol–water partition coefficient (Wildman–Crippen LogP) is 2.13. The second-order valence-electron chi connectivity index (χ2n) is 5.30. The van der Waals surface area contributed by atoms with Gasteiger partial charge in [-0.25, -0.2) is 12.7 Å². The number of thiocarbonyl (C=S) groups is 1. The van der Waals surface area contributed by atoms with Gasteiger partial charge in [0.1, 0.15) is 4.99 Å². The zero-order chi connectivity index (χ0) is 14.8. The zero-order valence-corrected chi connectivity index (χ0v) is 13.2. The molecule has 4 nitrogen and oxygen atoms in total. The van der Waals surface area contributed by atoms with Crippen LogP contribution in [-0.2, 0) is 10.0 Å². The van der Waals surface area contributed by atoms with Gasteiger partial charge in [-0.15, -0.1) is 0 Å². The van der Waals surface area contributed by atoms with Crippen LogP contribution in [0, 0.1) is 5.92 Å². The molecule has 20 heavy (non-hydrogen) atoms. The van der Waals surface area contributed by atoms with E-state index >= 15 is 0 Å². The van der Waals surface area contributed by atoms with Gasteiger partial charge in [-0.2, -0.15) is 0 Å². The lowest BCUT2D eigenvalue weighted by molar-refractivity contribution is 0.387. The van der Waals surface area contributed by atoms with E-state index < -0.39 is 10.0 Å². The molecule has 6 heteroatoms. The minimum atomic E-state index is -3.54. The molecule has 0 aromatic heterocycles. The van der Waals surface area contributed by atoms with Crippen LogP contribution in [0.5, 0.6) is 0 Å². The quantitative estimate of drug-likeness (QED) is 0.846. The fraction of sp³-hybridized carbons (Fsp3) is 0.500. The average molecular weight is 312 g/mol. The van der Waals surface area contributed by atoms with Gasteiger partial charge in [0, 0.05) is 19.2 Å². The largest absolute Gasteiger partial charge is 0.389 e. The van der Waals surface area contributed by atoms with Crippen LogP contribution in [0.15, 0.2) is 29.2 Å². The summed E-state index contributed by atoms with van der Waals surface area (Å²) in [5, 5.41) is 0. The minimum absolute atomic E-state index is 0.110. The van der Waals surface area contributed by atoms with Crippen LogP contribution in [0.4, 0.5) is 0 Å².